The number of aliphatic carboxylic acids is 1. The third-order valence-electron chi connectivity index (χ3n) is 2.31. The Kier molecular flexibility index (Phi) is 4.64. The SMILES string of the molecule is N=S(=O)(CC[C@H](N)C(=O)O)CCn1ccnc1. The van der Waals surface area contributed by atoms with Crippen LogP contribution in [0, 0.1) is 4.78 Å². The molecule has 0 spiro atoms. The van der Waals surface area contributed by atoms with Crippen LogP contribution in [-0.4, -0.2) is 42.4 Å². The number of nitrogens with zero attached hydrogens (tertiary/aromatic N) is 2. The quantitative estimate of drug-likeness (QED) is 0.623. The number of aromatic nitrogens is 2. The Hall–Kier alpha value is -1.41. The van der Waals surface area contributed by atoms with E-state index < -0.39 is 21.7 Å². The van der Waals surface area contributed by atoms with Crippen molar-refractivity contribution in [2.24, 2.45) is 5.73 Å². The van der Waals surface area contributed by atoms with Crippen molar-refractivity contribution < 1.29 is 14.1 Å². The fraction of sp³-hybridized carbons (Fsp3) is 0.556. The van der Waals surface area contributed by atoms with E-state index in [0.717, 1.165) is 0 Å². The molecule has 0 amide bonds. The van der Waals surface area contributed by atoms with E-state index in [9.17, 15) is 9.00 Å². The second kappa shape index (κ2) is 5.78. The van der Waals surface area contributed by atoms with Crippen molar-refractivity contribution in [3.8, 4) is 0 Å². The molecule has 8 heteroatoms. The molecule has 0 bridgehead atoms. The minimum atomic E-state index is -2.78. The van der Waals surface area contributed by atoms with Crippen LogP contribution in [0.25, 0.3) is 0 Å². The lowest BCUT2D eigenvalue weighted by Crippen LogP contribution is -2.32. The van der Waals surface area contributed by atoms with E-state index in [1.54, 1.807) is 23.3 Å². The van der Waals surface area contributed by atoms with Gasteiger partial charge < -0.3 is 15.4 Å². The molecule has 0 aliphatic heterocycles. The normalized spacial score (nSPS) is 16.3. The molecular formula is C9H16N4O3S. The number of nitrogens with one attached hydrogen (secondary N) is 1. The smallest absolute Gasteiger partial charge is 0.320 e. The summed E-state index contributed by atoms with van der Waals surface area (Å²) in [5.41, 5.74) is 5.29. The van der Waals surface area contributed by atoms with E-state index in [1.807, 2.05) is 0 Å². The lowest BCUT2D eigenvalue weighted by atomic mass is 10.2. The second-order valence-corrected chi connectivity index (χ2v) is 6.19. The topological polar surface area (TPSA) is 122 Å². The van der Waals surface area contributed by atoms with Gasteiger partial charge in [0.15, 0.2) is 0 Å². The second-order valence-electron chi connectivity index (χ2n) is 3.75. The number of imidazole rings is 1. The molecular weight excluding hydrogens is 244 g/mol. The standard InChI is InChI=1S/C9H16N4O3S/c10-8(9(14)15)1-5-17(11,16)6-4-13-3-2-12-7-13/h2-3,7-8,11H,1,4-6,10H2,(H,14,15)/t8-,17?/m0/s1. The predicted octanol–water partition coefficient (Wildman–Crippen LogP) is -0.268. The molecule has 17 heavy (non-hydrogen) atoms. The van der Waals surface area contributed by atoms with Crippen LogP contribution in [0.2, 0.25) is 0 Å². The van der Waals surface area contributed by atoms with Gasteiger partial charge in [-0.3, -0.25) is 9.57 Å². The largest absolute Gasteiger partial charge is 0.480 e. The van der Waals surface area contributed by atoms with Gasteiger partial charge in [0, 0.05) is 40.2 Å². The summed E-state index contributed by atoms with van der Waals surface area (Å²) >= 11 is 0. The highest BCUT2D eigenvalue weighted by atomic mass is 32.2. The maximum atomic E-state index is 11.8. The summed E-state index contributed by atoms with van der Waals surface area (Å²) in [4.78, 5) is 14.3. The van der Waals surface area contributed by atoms with Crippen molar-refractivity contribution in [1.82, 2.24) is 9.55 Å². The minimum absolute atomic E-state index is 0.00909. The first kappa shape index (κ1) is 13.7. The summed E-state index contributed by atoms with van der Waals surface area (Å²) in [6, 6.07) is -1.05. The van der Waals surface area contributed by atoms with E-state index in [4.69, 9.17) is 15.6 Å². The third-order valence-corrected chi connectivity index (χ3v) is 4.05. The van der Waals surface area contributed by atoms with Gasteiger partial charge in [-0.2, -0.15) is 0 Å². The number of hydrogen-bond donors (Lipinski definition) is 3. The zero-order valence-electron chi connectivity index (χ0n) is 9.28. The van der Waals surface area contributed by atoms with Gasteiger partial charge in [-0.1, -0.05) is 0 Å². The van der Waals surface area contributed by atoms with Crippen LogP contribution in [0.3, 0.4) is 0 Å². The summed E-state index contributed by atoms with van der Waals surface area (Å²) < 4.78 is 21.1. The molecule has 0 saturated heterocycles. The Bertz CT molecular complexity index is 455. The Labute approximate surface area is 99.6 Å². The van der Waals surface area contributed by atoms with E-state index in [1.165, 1.54) is 0 Å². The van der Waals surface area contributed by atoms with Crippen LogP contribution >= 0.6 is 0 Å². The zero-order valence-corrected chi connectivity index (χ0v) is 10.1. The van der Waals surface area contributed by atoms with Gasteiger partial charge >= 0.3 is 5.97 Å². The summed E-state index contributed by atoms with van der Waals surface area (Å²) in [6.45, 7) is 0.435. The maximum Gasteiger partial charge on any atom is 0.320 e. The van der Waals surface area contributed by atoms with Crippen LogP contribution in [0.4, 0.5) is 0 Å². The van der Waals surface area contributed by atoms with E-state index in [2.05, 4.69) is 4.98 Å². The molecule has 4 N–H and O–H groups in total. The van der Waals surface area contributed by atoms with E-state index in [0.29, 0.717) is 6.54 Å². The first-order valence-corrected chi connectivity index (χ1v) is 6.98. The van der Waals surface area contributed by atoms with Crippen LogP contribution in [0.5, 0.6) is 0 Å². The van der Waals surface area contributed by atoms with Gasteiger partial charge in [0.2, 0.25) is 0 Å². The Morgan fingerprint density at radius 2 is 2.29 bits per heavy atom. The fourth-order valence-electron chi connectivity index (χ4n) is 1.21. The van der Waals surface area contributed by atoms with Crippen LogP contribution in [0.1, 0.15) is 6.42 Å². The molecule has 0 saturated carbocycles. The highest BCUT2D eigenvalue weighted by Gasteiger charge is 2.15. The number of carbonyl (C=O) groups is 1. The summed E-state index contributed by atoms with van der Waals surface area (Å²) in [5.74, 6) is -0.944. The third kappa shape index (κ3) is 4.96. The Morgan fingerprint density at radius 3 is 2.82 bits per heavy atom. The molecule has 0 fully saturated rings. The monoisotopic (exact) mass is 260 g/mol. The highest BCUT2D eigenvalue weighted by Crippen LogP contribution is 2.00. The van der Waals surface area contributed by atoms with Crippen molar-refractivity contribution in [1.29, 1.82) is 4.78 Å². The van der Waals surface area contributed by atoms with E-state index >= 15 is 0 Å². The van der Waals surface area contributed by atoms with Crippen LogP contribution in [-0.2, 0) is 21.1 Å². The first-order chi connectivity index (χ1) is 7.91. The fourth-order valence-corrected chi connectivity index (χ4v) is 2.56. The minimum Gasteiger partial charge on any atom is -0.480 e. The number of hydrogen-bond acceptors (Lipinski definition) is 5. The molecule has 7 nitrogen and oxygen atoms in total. The van der Waals surface area contributed by atoms with Gasteiger partial charge in [-0.25, -0.2) is 9.19 Å². The van der Waals surface area contributed by atoms with Crippen molar-refractivity contribution in [2.45, 2.75) is 19.0 Å². The van der Waals surface area contributed by atoms with E-state index in [-0.39, 0.29) is 17.9 Å². The Morgan fingerprint density at radius 1 is 1.59 bits per heavy atom. The van der Waals surface area contributed by atoms with Gasteiger partial charge in [0.1, 0.15) is 6.04 Å². The van der Waals surface area contributed by atoms with Crippen molar-refractivity contribution in [2.75, 3.05) is 11.5 Å². The van der Waals surface area contributed by atoms with Crippen LogP contribution in [0.15, 0.2) is 18.7 Å². The summed E-state index contributed by atoms with van der Waals surface area (Å²) in [5, 5.41) is 8.57. The molecule has 1 aromatic rings. The molecule has 0 aliphatic carbocycles. The molecule has 96 valence electrons. The molecule has 1 rings (SSSR count). The van der Waals surface area contributed by atoms with Gasteiger partial charge in [0.25, 0.3) is 0 Å². The maximum absolute atomic E-state index is 11.8. The van der Waals surface area contributed by atoms with Crippen molar-refractivity contribution >= 4 is 15.7 Å². The van der Waals surface area contributed by atoms with Gasteiger partial charge in [-0.05, 0) is 6.42 Å². The number of carboxylic acids is 1. The number of carboxylic acid groups (broad SMARTS) is 1. The van der Waals surface area contributed by atoms with Gasteiger partial charge in [0.05, 0.1) is 6.33 Å². The highest BCUT2D eigenvalue weighted by molar-refractivity contribution is 7.92. The molecule has 1 aromatic heterocycles. The van der Waals surface area contributed by atoms with Crippen LogP contribution < -0.4 is 5.73 Å². The average Bonchev–Trinajstić information content (AvgIpc) is 2.76. The zero-order chi connectivity index (χ0) is 12.9. The Balaban J connectivity index is 2.39. The lowest BCUT2D eigenvalue weighted by molar-refractivity contribution is -0.138. The number of aryl methyl sites for hydroxylation is 1. The average molecular weight is 260 g/mol. The molecule has 1 heterocycles. The summed E-state index contributed by atoms with van der Waals surface area (Å²) in [6.07, 6.45) is 4.96. The summed E-state index contributed by atoms with van der Waals surface area (Å²) in [7, 11) is -2.78. The number of nitrogens with two attached hydrogens (primary N) is 1. The van der Waals surface area contributed by atoms with Crippen molar-refractivity contribution in [3.63, 3.8) is 0 Å². The molecule has 2 atom stereocenters. The number of rotatable bonds is 7. The lowest BCUT2D eigenvalue weighted by Gasteiger charge is -2.10. The predicted molar refractivity (Wildman–Crippen MR) is 63.1 cm³/mol. The van der Waals surface area contributed by atoms with Gasteiger partial charge in [-0.15, -0.1) is 0 Å². The molecule has 0 radical (unpaired) electrons. The molecule has 1 unspecified atom stereocenters. The van der Waals surface area contributed by atoms with Crippen molar-refractivity contribution in [3.05, 3.63) is 18.7 Å². The molecule has 0 aliphatic rings. The molecule has 0 aromatic carbocycles. The first-order valence-electron chi connectivity index (χ1n) is 5.09.